The Balaban J connectivity index is 0.000000187. The Morgan fingerprint density at radius 1 is 0.694 bits per heavy atom. The van der Waals surface area contributed by atoms with Gasteiger partial charge in [0.25, 0.3) is 11.8 Å². The summed E-state index contributed by atoms with van der Waals surface area (Å²) in [6.07, 6.45) is 4.59. The number of hydrogen-bond acceptors (Lipinski definition) is 10. The molecule has 0 aliphatic carbocycles. The summed E-state index contributed by atoms with van der Waals surface area (Å²) in [5.41, 5.74) is 2.57. The van der Waals surface area contributed by atoms with Gasteiger partial charge in [0.05, 0.1) is 6.61 Å². The highest BCUT2D eigenvalue weighted by Crippen LogP contribution is 2.45. The van der Waals surface area contributed by atoms with E-state index in [2.05, 4.69) is 20.8 Å². The first-order valence-corrected chi connectivity index (χ1v) is 19.9. The Labute approximate surface area is 358 Å². The SMILES string of the molecule is CN(C)Cc1ccc(Oc2cc(C(=O)Nc3ccn(C)n3)cc3c2CC(C)(C)O3)c(F)c1.Cn1ccc(NC(=O)c2cc(Oc3ccc(CO)cc3F)c3c(c2)OC(C)(C)C3)n1. The monoisotopic (exact) mass is 849 g/mol. The summed E-state index contributed by atoms with van der Waals surface area (Å²) < 4.78 is 56.2. The summed E-state index contributed by atoms with van der Waals surface area (Å²) in [4.78, 5) is 27.6. The van der Waals surface area contributed by atoms with Gasteiger partial charge in [-0.25, -0.2) is 8.78 Å². The Morgan fingerprint density at radius 3 is 1.52 bits per heavy atom. The predicted molar refractivity (Wildman–Crippen MR) is 228 cm³/mol. The number of carbonyl (C=O) groups excluding carboxylic acids is 2. The molecule has 0 saturated heterocycles. The molecule has 4 heterocycles. The number of anilines is 2. The number of aliphatic hydroxyl groups is 1. The maximum Gasteiger partial charge on any atom is 0.257 e. The van der Waals surface area contributed by atoms with E-state index in [1.165, 1.54) is 18.2 Å². The van der Waals surface area contributed by atoms with Gasteiger partial charge < -0.3 is 39.6 Å². The van der Waals surface area contributed by atoms with Crippen LogP contribution < -0.4 is 29.6 Å². The van der Waals surface area contributed by atoms with E-state index in [1.54, 1.807) is 84.4 Å². The van der Waals surface area contributed by atoms with E-state index in [0.717, 1.165) is 16.7 Å². The van der Waals surface area contributed by atoms with Crippen molar-refractivity contribution >= 4 is 23.5 Å². The van der Waals surface area contributed by atoms with Crippen LogP contribution in [-0.2, 0) is 40.1 Å². The lowest BCUT2D eigenvalue weighted by molar-refractivity contribution is 0.101. The van der Waals surface area contributed by atoms with Gasteiger partial charge >= 0.3 is 0 Å². The molecule has 6 aromatic rings. The van der Waals surface area contributed by atoms with Gasteiger partial charge in [-0.3, -0.25) is 19.0 Å². The lowest BCUT2D eigenvalue weighted by Gasteiger charge is -2.16. The van der Waals surface area contributed by atoms with Crippen molar-refractivity contribution < 1.29 is 42.4 Å². The zero-order valence-electron chi connectivity index (χ0n) is 35.8. The highest BCUT2D eigenvalue weighted by molar-refractivity contribution is 6.05. The first kappa shape index (κ1) is 43.3. The number of halogens is 2. The van der Waals surface area contributed by atoms with Crippen LogP contribution in [0.5, 0.6) is 34.5 Å². The molecule has 2 aromatic heterocycles. The molecule has 8 rings (SSSR count). The van der Waals surface area contributed by atoms with Gasteiger partial charge in [-0.05, 0) is 101 Å². The van der Waals surface area contributed by atoms with Crippen molar-refractivity contribution in [2.75, 3.05) is 24.7 Å². The third-order valence-electron chi connectivity index (χ3n) is 9.86. The average molecular weight is 850 g/mol. The van der Waals surface area contributed by atoms with Gasteiger partial charge in [0.15, 0.2) is 34.8 Å². The van der Waals surface area contributed by atoms with Gasteiger partial charge in [0, 0.05) is 80.3 Å². The molecular formula is C46H49F2N7O7. The lowest BCUT2D eigenvalue weighted by atomic mass is 9.99. The second-order valence-corrected chi connectivity index (χ2v) is 16.8. The predicted octanol–water partition coefficient (Wildman–Crippen LogP) is 8.19. The third-order valence-corrected chi connectivity index (χ3v) is 9.86. The molecule has 2 amide bonds. The summed E-state index contributed by atoms with van der Waals surface area (Å²) >= 11 is 0. The maximum absolute atomic E-state index is 14.8. The zero-order chi connectivity index (χ0) is 44.5. The summed E-state index contributed by atoms with van der Waals surface area (Å²) in [7, 11) is 7.37. The minimum atomic E-state index is -0.600. The van der Waals surface area contributed by atoms with Crippen LogP contribution in [0.25, 0.3) is 0 Å². The Morgan fingerprint density at radius 2 is 1.13 bits per heavy atom. The van der Waals surface area contributed by atoms with E-state index in [1.807, 2.05) is 52.8 Å². The average Bonchev–Trinajstić information content (AvgIpc) is 3.96. The highest BCUT2D eigenvalue weighted by Gasteiger charge is 2.35. The number of ether oxygens (including phenoxy) is 4. The van der Waals surface area contributed by atoms with E-state index in [0.29, 0.717) is 70.7 Å². The van der Waals surface area contributed by atoms with E-state index < -0.39 is 22.8 Å². The van der Waals surface area contributed by atoms with Gasteiger partial charge in [0.2, 0.25) is 0 Å². The molecule has 0 atom stereocenters. The molecule has 0 spiro atoms. The molecule has 0 bridgehead atoms. The van der Waals surface area contributed by atoms with Crippen LogP contribution in [0, 0.1) is 11.6 Å². The van der Waals surface area contributed by atoms with Crippen LogP contribution in [0.3, 0.4) is 0 Å². The van der Waals surface area contributed by atoms with E-state index in [4.69, 9.17) is 18.9 Å². The normalized spacial score (nSPS) is 14.2. The standard InChI is InChI=1S/C24H27FN4O3.C22H22FN3O4/c1-24(2)13-17-20(31-19-7-6-15(10-18(19)25)14-28(3)4)11-16(12-21(17)32-24)23(30)26-22-8-9-29(5)27-22;1-22(2)11-15-18(29-17-5-4-13(12-27)8-16(17)23)9-14(10-19(15)30-22)21(28)24-20-6-7-26(3)25-20/h6-12H,13-14H2,1-5H3,(H,26,27,30);4-10,27H,11-12H2,1-3H3,(H,24,25,28). The molecule has 62 heavy (non-hydrogen) atoms. The minimum absolute atomic E-state index is 0.00129. The molecule has 4 aromatic carbocycles. The molecule has 14 nitrogen and oxygen atoms in total. The number of carbonyl (C=O) groups is 2. The number of amides is 2. The number of aliphatic hydroxyl groups excluding tert-OH is 1. The van der Waals surface area contributed by atoms with Crippen molar-refractivity contribution in [1.29, 1.82) is 0 Å². The van der Waals surface area contributed by atoms with E-state index in [-0.39, 0.29) is 29.9 Å². The fourth-order valence-corrected chi connectivity index (χ4v) is 7.13. The van der Waals surface area contributed by atoms with Gasteiger partial charge in [-0.2, -0.15) is 10.2 Å². The fourth-order valence-electron chi connectivity index (χ4n) is 7.13. The highest BCUT2D eigenvalue weighted by atomic mass is 19.1. The molecule has 2 aliphatic rings. The van der Waals surface area contributed by atoms with Crippen molar-refractivity contribution in [3.63, 3.8) is 0 Å². The zero-order valence-corrected chi connectivity index (χ0v) is 35.8. The van der Waals surface area contributed by atoms with Crippen molar-refractivity contribution in [3.8, 4) is 34.5 Å². The maximum atomic E-state index is 14.8. The summed E-state index contributed by atoms with van der Waals surface area (Å²) in [6.45, 7) is 8.14. The fraction of sp³-hybridized carbons (Fsp3) is 0.304. The molecular weight excluding hydrogens is 801 g/mol. The molecule has 3 N–H and O–H groups in total. The van der Waals surface area contributed by atoms with Crippen LogP contribution in [-0.4, -0.2) is 66.7 Å². The van der Waals surface area contributed by atoms with Crippen LogP contribution in [0.2, 0.25) is 0 Å². The van der Waals surface area contributed by atoms with Crippen molar-refractivity contribution in [3.05, 3.63) is 130 Å². The van der Waals surface area contributed by atoms with Gasteiger partial charge in [-0.15, -0.1) is 0 Å². The van der Waals surface area contributed by atoms with Crippen molar-refractivity contribution in [1.82, 2.24) is 24.5 Å². The van der Waals surface area contributed by atoms with E-state index in [9.17, 15) is 23.5 Å². The first-order chi connectivity index (χ1) is 29.3. The largest absolute Gasteiger partial charge is 0.487 e. The molecule has 0 radical (unpaired) electrons. The Hall–Kier alpha value is -6.78. The molecule has 324 valence electrons. The molecule has 16 heteroatoms. The number of aromatic nitrogens is 4. The van der Waals surface area contributed by atoms with Crippen LogP contribution in [0.4, 0.5) is 20.4 Å². The van der Waals surface area contributed by atoms with Gasteiger partial charge in [-0.1, -0.05) is 12.1 Å². The molecule has 2 aliphatic heterocycles. The number of aryl methyl sites for hydroxylation is 2. The number of nitrogens with zero attached hydrogens (tertiary/aromatic N) is 5. The third kappa shape index (κ3) is 10.2. The summed E-state index contributed by atoms with van der Waals surface area (Å²) in [6, 6.07) is 19.1. The summed E-state index contributed by atoms with van der Waals surface area (Å²) in [5, 5.41) is 23.0. The summed E-state index contributed by atoms with van der Waals surface area (Å²) in [5.74, 6) is 0.982. The number of benzene rings is 4. The lowest BCUT2D eigenvalue weighted by Crippen LogP contribution is -2.24. The van der Waals surface area contributed by atoms with Crippen molar-refractivity contribution in [2.45, 2.75) is 64.9 Å². The van der Waals surface area contributed by atoms with Crippen LogP contribution in [0.1, 0.15) is 70.7 Å². The van der Waals surface area contributed by atoms with Crippen LogP contribution >= 0.6 is 0 Å². The second-order valence-electron chi connectivity index (χ2n) is 16.8. The van der Waals surface area contributed by atoms with Crippen LogP contribution in [0.15, 0.2) is 85.2 Å². The quantitative estimate of drug-likeness (QED) is 0.116. The molecule has 0 unspecified atom stereocenters. The first-order valence-electron chi connectivity index (χ1n) is 19.9. The van der Waals surface area contributed by atoms with Gasteiger partial charge in [0.1, 0.15) is 34.2 Å². The Kier molecular flexibility index (Phi) is 12.1. The Bertz CT molecular complexity index is 2650. The molecule has 0 fully saturated rings. The number of rotatable bonds is 11. The number of hydrogen-bond donors (Lipinski definition) is 3. The van der Waals surface area contributed by atoms with E-state index >= 15 is 0 Å². The number of fused-ring (bicyclic) bond motifs is 2. The minimum Gasteiger partial charge on any atom is -0.487 e. The molecule has 0 saturated carbocycles. The number of nitrogens with one attached hydrogen (secondary N) is 2. The van der Waals surface area contributed by atoms with Crippen molar-refractivity contribution in [2.24, 2.45) is 14.1 Å². The topological polar surface area (TPSA) is 154 Å². The second kappa shape index (κ2) is 17.3. The smallest absolute Gasteiger partial charge is 0.257 e.